The molecule has 2 heteroatoms. The Kier molecular flexibility index (Phi) is 4.18. The molecular weight excluding hydrogens is 222 g/mol. The first-order valence-electron chi connectivity index (χ1n) is 6.93. The first-order valence-corrected chi connectivity index (χ1v) is 6.93. The molecule has 0 amide bonds. The van der Waals surface area contributed by atoms with Crippen molar-refractivity contribution in [3.63, 3.8) is 0 Å². The van der Waals surface area contributed by atoms with Crippen LogP contribution in [0.4, 0.5) is 0 Å². The zero-order chi connectivity index (χ0) is 13.1. The average Bonchev–Trinajstić information content (AvgIpc) is 2.41. The molecule has 3 unspecified atom stereocenters. The van der Waals surface area contributed by atoms with E-state index in [0.717, 1.165) is 24.6 Å². The van der Waals surface area contributed by atoms with Gasteiger partial charge in [0.1, 0.15) is 0 Å². The predicted octanol–water partition coefficient (Wildman–Crippen LogP) is 3.24. The van der Waals surface area contributed by atoms with Crippen molar-refractivity contribution < 1.29 is 4.79 Å². The molecule has 0 bridgehead atoms. The van der Waals surface area contributed by atoms with Gasteiger partial charge in [0, 0.05) is 12.1 Å². The van der Waals surface area contributed by atoms with Crippen molar-refractivity contribution in [2.24, 2.45) is 11.8 Å². The lowest BCUT2D eigenvalue weighted by molar-refractivity contribution is 0.0689. The second kappa shape index (κ2) is 5.66. The molecule has 0 spiro atoms. The van der Waals surface area contributed by atoms with E-state index in [4.69, 9.17) is 0 Å². The number of ketones is 1. The van der Waals surface area contributed by atoms with E-state index in [1.807, 2.05) is 37.3 Å². The van der Waals surface area contributed by atoms with Crippen molar-refractivity contribution in [1.82, 2.24) is 4.90 Å². The van der Waals surface area contributed by atoms with Crippen LogP contribution in [0.1, 0.15) is 37.6 Å². The Labute approximate surface area is 110 Å². The summed E-state index contributed by atoms with van der Waals surface area (Å²) in [6, 6.07) is 9.64. The van der Waals surface area contributed by atoms with E-state index >= 15 is 0 Å². The molecule has 1 fully saturated rings. The highest BCUT2D eigenvalue weighted by atomic mass is 16.1. The molecule has 3 atom stereocenters. The van der Waals surface area contributed by atoms with Gasteiger partial charge >= 0.3 is 0 Å². The third-order valence-corrected chi connectivity index (χ3v) is 4.35. The topological polar surface area (TPSA) is 20.3 Å². The Morgan fingerprint density at radius 3 is 2.50 bits per heavy atom. The van der Waals surface area contributed by atoms with Gasteiger partial charge in [0.05, 0.1) is 6.04 Å². The van der Waals surface area contributed by atoms with E-state index < -0.39 is 0 Å². The Morgan fingerprint density at radius 1 is 1.22 bits per heavy atom. The van der Waals surface area contributed by atoms with Crippen LogP contribution in [0.3, 0.4) is 0 Å². The van der Waals surface area contributed by atoms with Crippen LogP contribution in [0, 0.1) is 11.8 Å². The Hall–Kier alpha value is -1.15. The van der Waals surface area contributed by atoms with Crippen LogP contribution >= 0.6 is 0 Å². The Balaban J connectivity index is 2.03. The molecule has 1 aliphatic rings. The highest BCUT2D eigenvalue weighted by Crippen LogP contribution is 2.24. The first kappa shape index (κ1) is 13.3. The van der Waals surface area contributed by atoms with Gasteiger partial charge in [-0.15, -0.1) is 0 Å². The molecule has 98 valence electrons. The molecule has 1 aromatic rings. The minimum atomic E-state index is 0.00218. The van der Waals surface area contributed by atoms with E-state index in [-0.39, 0.29) is 11.8 Å². The van der Waals surface area contributed by atoms with Gasteiger partial charge in [-0.2, -0.15) is 0 Å². The zero-order valence-electron chi connectivity index (χ0n) is 11.6. The second-order valence-corrected chi connectivity index (χ2v) is 5.64. The van der Waals surface area contributed by atoms with E-state index in [9.17, 15) is 4.79 Å². The molecule has 0 aliphatic carbocycles. The van der Waals surface area contributed by atoms with Crippen LogP contribution in [0.5, 0.6) is 0 Å². The predicted molar refractivity (Wildman–Crippen MR) is 74.8 cm³/mol. The lowest BCUT2D eigenvalue weighted by Gasteiger charge is -2.38. The number of carbonyl (C=O) groups is 1. The third kappa shape index (κ3) is 2.81. The number of carbonyl (C=O) groups excluding carboxylic acids is 1. The summed E-state index contributed by atoms with van der Waals surface area (Å²) in [6.45, 7) is 8.73. The highest BCUT2D eigenvalue weighted by Gasteiger charge is 2.29. The summed E-state index contributed by atoms with van der Waals surface area (Å²) in [7, 11) is 0. The molecule has 0 radical (unpaired) electrons. The van der Waals surface area contributed by atoms with Crippen molar-refractivity contribution in [3.8, 4) is 0 Å². The van der Waals surface area contributed by atoms with E-state index in [0.29, 0.717) is 5.92 Å². The molecule has 1 aromatic carbocycles. The fourth-order valence-electron chi connectivity index (χ4n) is 2.66. The maximum Gasteiger partial charge on any atom is 0.179 e. The normalized spacial score (nSPS) is 26.8. The van der Waals surface area contributed by atoms with Crippen molar-refractivity contribution in [2.45, 2.75) is 33.2 Å². The number of hydrogen-bond acceptors (Lipinski definition) is 2. The molecular formula is C16H23NO. The van der Waals surface area contributed by atoms with Gasteiger partial charge in [-0.1, -0.05) is 44.2 Å². The summed E-state index contributed by atoms with van der Waals surface area (Å²) in [6.07, 6.45) is 1.20. The van der Waals surface area contributed by atoms with Crippen LogP contribution in [0.25, 0.3) is 0 Å². The minimum absolute atomic E-state index is 0.00218. The first-order chi connectivity index (χ1) is 8.59. The largest absolute Gasteiger partial charge is 0.293 e. The van der Waals surface area contributed by atoms with Crippen LogP contribution in [-0.2, 0) is 0 Å². The van der Waals surface area contributed by atoms with Gasteiger partial charge in [-0.05, 0) is 31.7 Å². The lowest BCUT2D eigenvalue weighted by atomic mass is 9.87. The molecule has 2 nitrogen and oxygen atoms in total. The van der Waals surface area contributed by atoms with Gasteiger partial charge in [-0.3, -0.25) is 9.69 Å². The fourth-order valence-corrected chi connectivity index (χ4v) is 2.66. The molecule has 18 heavy (non-hydrogen) atoms. The summed E-state index contributed by atoms with van der Waals surface area (Å²) in [5.41, 5.74) is 0.830. The van der Waals surface area contributed by atoms with E-state index in [1.165, 1.54) is 6.42 Å². The van der Waals surface area contributed by atoms with Crippen LogP contribution in [-0.4, -0.2) is 29.8 Å². The molecule has 1 heterocycles. The third-order valence-electron chi connectivity index (χ3n) is 4.35. The van der Waals surface area contributed by atoms with Crippen LogP contribution in [0.2, 0.25) is 0 Å². The molecule has 0 N–H and O–H groups in total. The molecule has 1 aliphatic heterocycles. The van der Waals surface area contributed by atoms with E-state index in [2.05, 4.69) is 18.7 Å². The number of piperidine rings is 1. The maximum absolute atomic E-state index is 12.4. The fraction of sp³-hybridized carbons (Fsp3) is 0.562. The van der Waals surface area contributed by atoms with Crippen LogP contribution < -0.4 is 0 Å². The second-order valence-electron chi connectivity index (χ2n) is 5.64. The summed E-state index contributed by atoms with van der Waals surface area (Å²) in [4.78, 5) is 14.7. The number of nitrogens with zero attached hydrogens (tertiary/aromatic N) is 1. The van der Waals surface area contributed by atoms with Gasteiger partial charge < -0.3 is 0 Å². The quantitative estimate of drug-likeness (QED) is 0.762. The Morgan fingerprint density at radius 2 is 1.89 bits per heavy atom. The van der Waals surface area contributed by atoms with Crippen LogP contribution in [0.15, 0.2) is 30.3 Å². The molecule has 0 aromatic heterocycles. The van der Waals surface area contributed by atoms with Gasteiger partial charge in [-0.25, -0.2) is 0 Å². The van der Waals surface area contributed by atoms with Crippen molar-refractivity contribution in [1.29, 1.82) is 0 Å². The van der Waals surface area contributed by atoms with Crippen molar-refractivity contribution in [3.05, 3.63) is 35.9 Å². The number of likely N-dealkylation sites (tertiary alicyclic amines) is 1. The zero-order valence-corrected chi connectivity index (χ0v) is 11.6. The molecule has 0 saturated carbocycles. The summed E-state index contributed by atoms with van der Waals surface area (Å²) in [5.74, 6) is 1.71. The Bertz CT molecular complexity index is 401. The lowest BCUT2D eigenvalue weighted by Crippen LogP contribution is -2.46. The highest BCUT2D eigenvalue weighted by molar-refractivity contribution is 5.99. The standard InChI is InChI=1S/C16H23NO/c1-12-9-10-17(11-13(12)2)14(3)16(18)15-7-5-4-6-8-15/h4-8,12-14H,9-11H2,1-3H3. The minimum Gasteiger partial charge on any atom is -0.293 e. The number of Topliss-reactive ketones (excluding diaryl/α,β-unsaturated/α-hetero) is 1. The SMILES string of the molecule is CC1CCN(C(C)C(=O)c2ccccc2)CC1C. The number of hydrogen-bond donors (Lipinski definition) is 0. The van der Waals surface area contributed by atoms with Crippen molar-refractivity contribution in [2.75, 3.05) is 13.1 Å². The van der Waals surface area contributed by atoms with E-state index in [1.54, 1.807) is 0 Å². The van der Waals surface area contributed by atoms with Gasteiger partial charge in [0.25, 0.3) is 0 Å². The maximum atomic E-state index is 12.4. The monoisotopic (exact) mass is 245 g/mol. The molecule has 1 saturated heterocycles. The number of benzene rings is 1. The summed E-state index contributed by atoms with van der Waals surface area (Å²) in [5, 5.41) is 0. The average molecular weight is 245 g/mol. The van der Waals surface area contributed by atoms with Gasteiger partial charge in [0.2, 0.25) is 0 Å². The summed E-state index contributed by atoms with van der Waals surface area (Å²) >= 11 is 0. The molecule has 2 rings (SSSR count). The van der Waals surface area contributed by atoms with Crippen molar-refractivity contribution >= 4 is 5.78 Å². The summed E-state index contributed by atoms with van der Waals surface area (Å²) < 4.78 is 0. The van der Waals surface area contributed by atoms with Gasteiger partial charge in [0.15, 0.2) is 5.78 Å². The number of rotatable bonds is 3. The smallest absolute Gasteiger partial charge is 0.179 e.